The van der Waals surface area contributed by atoms with Crippen molar-refractivity contribution < 1.29 is 8.78 Å². The Morgan fingerprint density at radius 3 is 2.85 bits per heavy atom. The summed E-state index contributed by atoms with van der Waals surface area (Å²) in [4.78, 5) is 5.79. The molecule has 13 heavy (non-hydrogen) atoms. The number of hydrogen-bond acceptors (Lipinski definition) is 3. The Kier molecular flexibility index (Phi) is 1.89. The smallest absolute Gasteiger partial charge is 0.267 e. The minimum Gasteiger partial charge on any atom is -0.352 e. The van der Waals surface area contributed by atoms with Gasteiger partial charge in [0.1, 0.15) is 0 Å². The molecule has 2 rings (SSSR count). The molecule has 0 bridgehead atoms. The van der Waals surface area contributed by atoms with E-state index in [4.69, 9.17) is 0 Å². The molecule has 0 saturated carbocycles. The fourth-order valence-corrected chi connectivity index (χ4v) is 1.64. The zero-order valence-electron chi connectivity index (χ0n) is 7.56. The predicted molar refractivity (Wildman–Crippen MR) is 46.0 cm³/mol. The first-order valence-electron chi connectivity index (χ1n) is 4.51. The van der Waals surface area contributed by atoms with Crippen molar-refractivity contribution in [3.63, 3.8) is 0 Å². The highest BCUT2D eigenvalue weighted by molar-refractivity contribution is 5.82. The number of guanidine groups is 1. The van der Waals surface area contributed by atoms with Gasteiger partial charge in [0.05, 0.1) is 13.1 Å². The van der Waals surface area contributed by atoms with E-state index < -0.39 is 5.92 Å². The maximum Gasteiger partial charge on any atom is 0.267 e. The standard InChI is InChI=1S/C8H13F2N3/c1-6-4-11-7(12-6)13-3-2-8(9,10)5-13/h6H,2-5H2,1H3,(H,11,12). The molecule has 0 aromatic carbocycles. The van der Waals surface area contributed by atoms with Gasteiger partial charge in [-0.3, -0.25) is 4.99 Å². The van der Waals surface area contributed by atoms with Gasteiger partial charge in [-0.25, -0.2) is 8.78 Å². The molecule has 0 aromatic heterocycles. The lowest BCUT2D eigenvalue weighted by Crippen LogP contribution is -2.41. The second-order valence-electron chi connectivity index (χ2n) is 3.74. The van der Waals surface area contributed by atoms with Crippen LogP contribution in [0.15, 0.2) is 4.99 Å². The fourth-order valence-electron chi connectivity index (χ4n) is 1.64. The van der Waals surface area contributed by atoms with Crippen LogP contribution in [0.5, 0.6) is 0 Å². The number of alkyl halides is 2. The molecule has 1 atom stereocenters. The van der Waals surface area contributed by atoms with E-state index in [2.05, 4.69) is 10.3 Å². The normalized spacial score (nSPS) is 31.8. The maximum atomic E-state index is 12.8. The van der Waals surface area contributed by atoms with E-state index in [-0.39, 0.29) is 19.0 Å². The van der Waals surface area contributed by atoms with E-state index in [0.29, 0.717) is 19.0 Å². The van der Waals surface area contributed by atoms with Gasteiger partial charge in [0, 0.05) is 19.0 Å². The maximum absolute atomic E-state index is 12.8. The van der Waals surface area contributed by atoms with Gasteiger partial charge in [-0.05, 0) is 6.92 Å². The molecule has 1 saturated heterocycles. The van der Waals surface area contributed by atoms with Crippen LogP contribution in [0.4, 0.5) is 8.78 Å². The van der Waals surface area contributed by atoms with Gasteiger partial charge in [-0.1, -0.05) is 0 Å². The van der Waals surface area contributed by atoms with E-state index >= 15 is 0 Å². The SMILES string of the molecule is CC1CN=C(N2CCC(F)(F)C2)N1. The van der Waals surface area contributed by atoms with Gasteiger partial charge >= 0.3 is 0 Å². The Labute approximate surface area is 75.8 Å². The largest absolute Gasteiger partial charge is 0.352 e. The third kappa shape index (κ3) is 1.73. The monoisotopic (exact) mass is 189 g/mol. The molecule has 0 aliphatic carbocycles. The minimum atomic E-state index is -2.53. The summed E-state index contributed by atoms with van der Waals surface area (Å²) in [7, 11) is 0. The highest BCUT2D eigenvalue weighted by Crippen LogP contribution is 2.27. The highest BCUT2D eigenvalue weighted by atomic mass is 19.3. The second-order valence-corrected chi connectivity index (χ2v) is 3.74. The summed E-state index contributed by atoms with van der Waals surface area (Å²) in [5.74, 6) is -1.89. The number of nitrogens with one attached hydrogen (secondary N) is 1. The lowest BCUT2D eigenvalue weighted by Gasteiger charge is -2.18. The van der Waals surface area contributed by atoms with Crippen LogP contribution in [0.3, 0.4) is 0 Å². The van der Waals surface area contributed by atoms with Gasteiger partial charge in [-0.15, -0.1) is 0 Å². The lowest BCUT2D eigenvalue weighted by atomic mass is 10.3. The molecule has 0 radical (unpaired) electrons. The molecule has 0 spiro atoms. The van der Waals surface area contributed by atoms with Crippen LogP contribution >= 0.6 is 0 Å². The van der Waals surface area contributed by atoms with Crippen molar-refractivity contribution in [3.8, 4) is 0 Å². The van der Waals surface area contributed by atoms with Crippen LogP contribution in [-0.4, -0.2) is 42.5 Å². The quantitative estimate of drug-likeness (QED) is 0.606. The van der Waals surface area contributed by atoms with Gasteiger partial charge in [-0.2, -0.15) is 0 Å². The van der Waals surface area contributed by atoms with Crippen molar-refractivity contribution >= 4 is 5.96 Å². The molecule has 1 fully saturated rings. The Morgan fingerprint density at radius 1 is 1.62 bits per heavy atom. The number of hydrogen-bond donors (Lipinski definition) is 1. The molecule has 5 heteroatoms. The van der Waals surface area contributed by atoms with E-state index in [1.807, 2.05) is 6.92 Å². The topological polar surface area (TPSA) is 27.6 Å². The Balaban J connectivity index is 1.97. The van der Waals surface area contributed by atoms with Crippen LogP contribution in [-0.2, 0) is 0 Å². The molecule has 1 unspecified atom stereocenters. The zero-order chi connectivity index (χ0) is 9.47. The fraction of sp³-hybridized carbons (Fsp3) is 0.875. The zero-order valence-corrected chi connectivity index (χ0v) is 7.56. The van der Waals surface area contributed by atoms with Gasteiger partial charge in [0.15, 0.2) is 5.96 Å². The second kappa shape index (κ2) is 2.82. The van der Waals surface area contributed by atoms with Crippen molar-refractivity contribution in [2.45, 2.75) is 25.3 Å². The number of halogens is 2. The first-order valence-corrected chi connectivity index (χ1v) is 4.51. The van der Waals surface area contributed by atoms with Crippen molar-refractivity contribution in [3.05, 3.63) is 0 Å². The molecule has 2 aliphatic heterocycles. The molecule has 74 valence electrons. The van der Waals surface area contributed by atoms with Crippen LogP contribution < -0.4 is 5.32 Å². The third-order valence-corrected chi connectivity index (χ3v) is 2.36. The molecule has 2 aliphatic rings. The molecule has 0 aromatic rings. The van der Waals surface area contributed by atoms with E-state index in [0.717, 1.165) is 0 Å². The summed E-state index contributed by atoms with van der Waals surface area (Å²) in [5, 5.41) is 3.08. The van der Waals surface area contributed by atoms with Crippen molar-refractivity contribution in [1.29, 1.82) is 0 Å². The first kappa shape index (κ1) is 8.72. The third-order valence-electron chi connectivity index (χ3n) is 2.36. The molecular weight excluding hydrogens is 176 g/mol. The van der Waals surface area contributed by atoms with E-state index in [9.17, 15) is 8.78 Å². The van der Waals surface area contributed by atoms with Crippen LogP contribution in [0.1, 0.15) is 13.3 Å². The van der Waals surface area contributed by atoms with Crippen molar-refractivity contribution in [2.75, 3.05) is 19.6 Å². The average Bonchev–Trinajstić information content (AvgIpc) is 2.56. The van der Waals surface area contributed by atoms with Crippen LogP contribution in [0.25, 0.3) is 0 Å². The summed E-state index contributed by atoms with van der Waals surface area (Å²) in [6.45, 7) is 2.90. The van der Waals surface area contributed by atoms with Crippen molar-refractivity contribution in [2.24, 2.45) is 4.99 Å². The predicted octanol–water partition coefficient (Wildman–Crippen LogP) is 0.675. The summed E-state index contributed by atoms with van der Waals surface area (Å²) in [6, 6.07) is 0.282. The van der Waals surface area contributed by atoms with Gasteiger partial charge < -0.3 is 10.2 Å². The Bertz CT molecular complexity index is 240. The number of nitrogens with zero attached hydrogens (tertiary/aromatic N) is 2. The van der Waals surface area contributed by atoms with Crippen LogP contribution in [0.2, 0.25) is 0 Å². The molecule has 2 heterocycles. The molecule has 1 N–H and O–H groups in total. The Hall–Kier alpha value is -0.870. The number of rotatable bonds is 0. The van der Waals surface area contributed by atoms with E-state index in [1.165, 1.54) is 0 Å². The van der Waals surface area contributed by atoms with Crippen LogP contribution in [0, 0.1) is 0 Å². The Morgan fingerprint density at radius 2 is 2.38 bits per heavy atom. The van der Waals surface area contributed by atoms with Gasteiger partial charge in [0.2, 0.25) is 0 Å². The first-order chi connectivity index (χ1) is 6.07. The van der Waals surface area contributed by atoms with Crippen molar-refractivity contribution in [1.82, 2.24) is 10.2 Å². The number of likely N-dealkylation sites (tertiary alicyclic amines) is 1. The summed E-state index contributed by atoms with van der Waals surface area (Å²) >= 11 is 0. The summed E-state index contributed by atoms with van der Waals surface area (Å²) in [5.41, 5.74) is 0. The van der Waals surface area contributed by atoms with Gasteiger partial charge in [0.25, 0.3) is 5.92 Å². The van der Waals surface area contributed by atoms with E-state index in [1.54, 1.807) is 4.90 Å². The average molecular weight is 189 g/mol. The lowest BCUT2D eigenvalue weighted by molar-refractivity contribution is 0.0174. The molecule has 0 amide bonds. The molecular formula is C8H13F2N3. The molecule has 3 nitrogen and oxygen atoms in total. The summed E-state index contributed by atoms with van der Waals surface area (Å²) < 4.78 is 25.6. The number of aliphatic imine (C=N–C) groups is 1. The summed E-state index contributed by atoms with van der Waals surface area (Å²) in [6.07, 6.45) is -0.0535. The minimum absolute atomic E-state index is 0.0535. The highest BCUT2D eigenvalue weighted by Gasteiger charge is 2.40.